The summed E-state index contributed by atoms with van der Waals surface area (Å²) in [4.78, 5) is 18.1. The number of aromatic nitrogens is 2. The van der Waals surface area contributed by atoms with Gasteiger partial charge < -0.3 is 5.11 Å². The van der Waals surface area contributed by atoms with E-state index in [9.17, 15) is 13.2 Å². The second kappa shape index (κ2) is 4.70. The van der Waals surface area contributed by atoms with Gasteiger partial charge in [-0.15, -0.1) is 11.3 Å². The predicted octanol–water partition coefficient (Wildman–Crippen LogP) is 1.04. The molecule has 94 valence electrons. The lowest BCUT2D eigenvalue weighted by molar-refractivity contribution is 0.0697. The molecule has 2 heterocycles. The summed E-state index contributed by atoms with van der Waals surface area (Å²) in [5, 5.41) is 9.97. The highest BCUT2D eigenvalue weighted by atomic mass is 32.2. The molecule has 0 atom stereocenters. The average molecular weight is 285 g/mol. The molecule has 0 aliphatic rings. The van der Waals surface area contributed by atoms with Crippen LogP contribution >= 0.6 is 11.3 Å². The standard InChI is InChI=1S/C9H7N3O4S2/c13-8(14)6-4-7(17-5-6)18(15,16)12-9-10-2-1-3-11-9/h1-5H,(H,13,14)(H,10,11,12). The molecule has 0 saturated carbocycles. The van der Waals surface area contributed by atoms with Gasteiger partial charge in [-0.1, -0.05) is 0 Å². The minimum atomic E-state index is -3.85. The molecule has 0 aliphatic heterocycles. The van der Waals surface area contributed by atoms with Gasteiger partial charge in [0.1, 0.15) is 4.21 Å². The van der Waals surface area contributed by atoms with Gasteiger partial charge in [0.15, 0.2) is 0 Å². The molecule has 0 saturated heterocycles. The van der Waals surface area contributed by atoms with Crippen LogP contribution in [0, 0.1) is 0 Å². The molecule has 18 heavy (non-hydrogen) atoms. The molecular weight excluding hydrogens is 278 g/mol. The number of nitrogens with zero attached hydrogens (tertiary/aromatic N) is 2. The molecule has 9 heteroatoms. The van der Waals surface area contributed by atoms with Crippen LogP contribution in [0.1, 0.15) is 10.4 Å². The third kappa shape index (κ3) is 2.63. The van der Waals surface area contributed by atoms with Crippen molar-refractivity contribution in [3.8, 4) is 0 Å². The van der Waals surface area contributed by atoms with Gasteiger partial charge in [-0.2, -0.15) is 0 Å². The van der Waals surface area contributed by atoms with Gasteiger partial charge >= 0.3 is 5.97 Å². The van der Waals surface area contributed by atoms with Crippen LogP contribution < -0.4 is 4.72 Å². The highest BCUT2D eigenvalue weighted by Gasteiger charge is 2.19. The maximum atomic E-state index is 11.9. The van der Waals surface area contributed by atoms with Crippen LogP contribution in [0.3, 0.4) is 0 Å². The smallest absolute Gasteiger partial charge is 0.336 e. The van der Waals surface area contributed by atoms with Gasteiger partial charge in [-0.05, 0) is 12.1 Å². The van der Waals surface area contributed by atoms with Crippen molar-refractivity contribution in [2.45, 2.75) is 4.21 Å². The molecular formula is C9H7N3O4S2. The van der Waals surface area contributed by atoms with Gasteiger partial charge in [-0.25, -0.2) is 27.9 Å². The lowest BCUT2D eigenvalue weighted by Crippen LogP contribution is -2.13. The number of hydrogen-bond donors (Lipinski definition) is 2. The summed E-state index contributed by atoms with van der Waals surface area (Å²) in [5.41, 5.74) is -0.0747. The van der Waals surface area contributed by atoms with Crippen molar-refractivity contribution in [2.75, 3.05) is 4.72 Å². The zero-order chi connectivity index (χ0) is 13.2. The van der Waals surface area contributed by atoms with Crippen molar-refractivity contribution in [1.82, 2.24) is 9.97 Å². The van der Waals surface area contributed by atoms with Crippen molar-refractivity contribution >= 4 is 33.3 Å². The van der Waals surface area contributed by atoms with Gasteiger partial charge in [0.2, 0.25) is 5.95 Å². The summed E-state index contributed by atoms with van der Waals surface area (Å²) >= 11 is 0.817. The fraction of sp³-hybridized carbons (Fsp3) is 0. The Morgan fingerprint density at radius 2 is 2.00 bits per heavy atom. The Morgan fingerprint density at radius 1 is 1.33 bits per heavy atom. The van der Waals surface area contributed by atoms with Gasteiger partial charge in [0, 0.05) is 17.8 Å². The number of nitrogens with one attached hydrogen (secondary N) is 1. The Morgan fingerprint density at radius 3 is 2.56 bits per heavy atom. The molecule has 2 aromatic rings. The van der Waals surface area contributed by atoms with Gasteiger partial charge in [0.25, 0.3) is 10.0 Å². The maximum Gasteiger partial charge on any atom is 0.336 e. The van der Waals surface area contributed by atoms with E-state index in [1.165, 1.54) is 17.8 Å². The minimum absolute atomic E-state index is 0.0669. The molecule has 0 spiro atoms. The van der Waals surface area contributed by atoms with E-state index in [4.69, 9.17) is 5.11 Å². The second-order valence-corrected chi connectivity index (χ2v) is 5.96. The number of carboxylic acid groups (broad SMARTS) is 1. The first kappa shape index (κ1) is 12.5. The van der Waals surface area contributed by atoms with Crippen LogP contribution in [0.2, 0.25) is 0 Å². The van der Waals surface area contributed by atoms with E-state index in [1.54, 1.807) is 6.07 Å². The molecule has 2 rings (SSSR count). The van der Waals surface area contributed by atoms with Gasteiger partial charge in [0.05, 0.1) is 5.56 Å². The van der Waals surface area contributed by atoms with Crippen LogP contribution in [-0.2, 0) is 10.0 Å². The van der Waals surface area contributed by atoms with E-state index in [0.717, 1.165) is 17.4 Å². The van der Waals surface area contributed by atoms with Crippen LogP contribution in [0.5, 0.6) is 0 Å². The predicted molar refractivity (Wildman–Crippen MR) is 64.1 cm³/mol. The molecule has 0 aromatic carbocycles. The molecule has 2 aromatic heterocycles. The monoisotopic (exact) mass is 285 g/mol. The Labute approximate surface area is 106 Å². The van der Waals surface area contributed by atoms with Crippen LogP contribution in [0.25, 0.3) is 0 Å². The Kier molecular flexibility index (Phi) is 3.26. The average Bonchev–Trinajstić information content (AvgIpc) is 2.79. The lowest BCUT2D eigenvalue weighted by atomic mass is 10.4. The molecule has 7 nitrogen and oxygen atoms in total. The van der Waals surface area contributed by atoms with Crippen molar-refractivity contribution in [3.63, 3.8) is 0 Å². The second-order valence-electron chi connectivity index (χ2n) is 3.14. The van der Waals surface area contributed by atoms with E-state index < -0.39 is 16.0 Å². The summed E-state index contributed by atoms with van der Waals surface area (Å²) in [5.74, 6) is -1.24. The zero-order valence-corrected chi connectivity index (χ0v) is 10.4. The molecule has 0 radical (unpaired) electrons. The van der Waals surface area contributed by atoms with E-state index in [2.05, 4.69) is 14.7 Å². The molecule has 0 bridgehead atoms. The number of rotatable bonds is 4. The summed E-state index contributed by atoms with van der Waals surface area (Å²) in [6.45, 7) is 0. The summed E-state index contributed by atoms with van der Waals surface area (Å²) < 4.78 is 25.8. The van der Waals surface area contributed by atoms with E-state index in [1.807, 2.05) is 0 Å². The third-order valence-electron chi connectivity index (χ3n) is 1.88. The van der Waals surface area contributed by atoms with Crippen LogP contribution in [-0.4, -0.2) is 29.5 Å². The van der Waals surface area contributed by atoms with E-state index >= 15 is 0 Å². The lowest BCUT2D eigenvalue weighted by Gasteiger charge is -2.02. The van der Waals surface area contributed by atoms with Crippen molar-refractivity contribution in [3.05, 3.63) is 35.5 Å². The van der Waals surface area contributed by atoms with Crippen molar-refractivity contribution in [1.29, 1.82) is 0 Å². The SMILES string of the molecule is O=C(O)c1csc(S(=O)(=O)Nc2ncccn2)c1. The van der Waals surface area contributed by atoms with Gasteiger partial charge in [-0.3, -0.25) is 0 Å². The summed E-state index contributed by atoms with van der Waals surface area (Å²) in [7, 11) is -3.85. The minimum Gasteiger partial charge on any atom is -0.478 e. The number of hydrogen-bond acceptors (Lipinski definition) is 6. The number of aromatic carboxylic acids is 1. The number of carboxylic acids is 1. The molecule has 0 fully saturated rings. The fourth-order valence-electron chi connectivity index (χ4n) is 1.09. The van der Waals surface area contributed by atoms with Crippen LogP contribution in [0.15, 0.2) is 34.1 Å². The van der Waals surface area contributed by atoms with E-state index in [-0.39, 0.29) is 15.7 Å². The highest BCUT2D eigenvalue weighted by molar-refractivity contribution is 7.94. The topological polar surface area (TPSA) is 109 Å². The summed E-state index contributed by atoms with van der Waals surface area (Å²) in [6.07, 6.45) is 2.78. The highest BCUT2D eigenvalue weighted by Crippen LogP contribution is 2.21. The molecule has 0 unspecified atom stereocenters. The first-order valence-electron chi connectivity index (χ1n) is 4.61. The fourth-order valence-corrected chi connectivity index (χ4v) is 3.20. The molecule has 0 aliphatic carbocycles. The first-order chi connectivity index (χ1) is 8.49. The van der Waals surface area contributed by atoms with Crippen molar-refractivity contribution in [2.24, 2.45) is 0 Å². The quantitative estimate of drug-likeness (QED) is 0.868. The van der Waals surface area contributed by atoms with E-state index in [0.29, 0.717) is 0 Å². The molecule has 0 amide bonds. The summed E-state index contributed by atoms with van der Waals surface area (Å²) in [6, 6.07) is 2.63. The first-order valence-corrected chi connectivity index (χ1v) is 6.97. The number of carbonyl (C=O) groups is 1. The Hall–Kier alpha value is -2.00. The Balaban J connectivity index is 2.28. The molecule has 2 N–H and O–H groups in total. The number of sulfonamides is 1. The zero-order valence-electron chi connectivity index (χ0n) is 8.77. The third-order valence-corrected chi connectivity index (χ3v) is 4.65. The van der Waals surface area contributed by atoms with Crippen LogP contribution in [0.4, 0.5) is 5.95 Å². The maximum absolute atomic E-state index is 11.9. The Bertz CT molecular complexity index is 666. The van der Waals surface area contributed by atoms with Crippen molar-refractivity contribution < 1.29 is 18.3 Å². The normalized spacial score (nSPS) is 11.1. The largest absolute Gasteiger partial charge is 0.478 e. The number of anilines is 1. The number of thiophene rings is 1.